The van der Waals surface area contributed by atoms with Crippen molar-refractivity contribution in [1.29, 1.82) is 0 Å². The number of nitro groups is 1. The number of carbonyl (C=O) groups is 1. The standard InChI is InChI=1S/C14H13N5O4/c1-8-11(13(20)23-2)12(16-14-17-15-7-18(8)14)9-5-3-4-6-10(9)19(21)22/h3-7,12H,1-2H3,(H,16,17). The zero-order valence-electron chi connectivity index (χ0n) is 12.4. The summed E-state index contributed by atoms with van der Waals surface area (Å²) in [4.78, 5) is 23.0. The van der Waals surface area contributed by atoms with Crippen molar-refractivity contribution in [2.45, 2.75) is 13.0 Å². The molecule has 1 aliphatic heterocycles. The molecule has 9 nitrogen and oxygen atoms in total. The van der Waals surface area contributed by atoms with Crippen molar-refractivity contribution < 1.29 is 14.5 Å². The third kappa shape index (κ3) is 2.31. The fourth-order valence-electron chi connectivity index (χ4n) is 2.63. The Bertz CT molecular complexity index is 826. The van der Waals surface area contributed by atoms with Gasteiger partial charge in [0.05, 0.1) is 29.2 Å². The Morgan fingerprint density at radius 1 is 1.43 bits per heavy atom. The lowest BCUT2D eigenvalue weighted by Gasteiger charge is -2.27. The number of benzene rings is 1. The van der Waals surface area contributed by atoms with Gasteiger partial charge in [0.2, 0.25) is 5.95 Å². The number of nitrogens with one attached hydrogen (secondary N) is 1. The Morgan fingerprint density at radius 2 is 2.17 bits per heavy atom. The molecule has 23 heavy (non-hydrogen) atoms. The number of hydrogen-bond donors (Lipinski definition) is 1. The molecule has 118 valence electrons. The quantitative estimate of drug-likeness (QED) is 0.521. The van der Waals surface area contributed by atoms with E-state index in [1.54, 1.807) is 29.7 Å². The number of fused-ring (bicyclic) bond motifs is 1. The third-order valence-corrected chi connectivity index (χ3v) is 3.71. The van der Waals surface area contributed by atoms with Gasteiger partial charge in [0.25, 0.3) is 5.69 Å². The Kier molecular flexibility index (Phi) is 3.53. The van der Waals surface area contributed by atoms with Crippen LogP contribution in [0.3, 0.4) is 0 Å². The van der Waals surface area contributed by atoms with Crippen LogP contribution in [0.15, 0.2) is 36.2 Å². The first-order valence-electron chi connectivity index (χ1n) is 6.74. The highest BCUT2D eigenvalue weighted by Gasteiger charge is 2.35. The summed E-state index contributed by atoms with van der Waals surface area (Å²) in [6.07, 6.45) is 1.45. The molecule has 0 aliphatic carbocycles. The molecule has 0 saturated heterocycles. The van der Waals surface area contributed by atoms with Crippen LogP contribution in [0.4, 0.5) is 11.6 Å². The van der Waals surface area contributed by atoms with E-state index in [1.807, 2.05) is 0 Å². The van der Waals surface area contributed by atoms with Crippen LogP contribution in [0.5, 0.6) is 0 Å². The molecule has 0 radical (unpaired) electrons. The molecule has 1 aromatic carbocycles. The van der Waals surface area contributed by atoms with Gasteiger partial charge >= 0.3 is 5.97 Å². The molecule has 0 spiro atoms. The van der Waals surface area contributed by atoms with Gasteiger partial charge in [-0.25, -0.2) is 4.79 Å². The molecule has 1 unspecified atom stereocenters. The van der Waals surface area contributed by atoms with Crippen molar-refractivity contribution in [3.63, 3.8) is 0 Å². The number of nitrogens with zero attached hydrogens (tertiary/aromatic N) is 4. The minimum Gasteiger partial charge on any atom is -0.466 e. The average molecular weight is 315 g/mol. The lowest BCUT2D eigenvalue weighted by Crippen LogP contribution is -2.28. The molecular weight excluding hydrogens is 302 g/mol. The zero-order valence-corrected chi connectivity index (χ0v) is 12.4. The molecule has 3 rings (SSSR count). The van der Waals surface area contributed by atoms with Gasteiger partial charge in [-0.05, 0) is 13.0 Å². The van der Waals surface area contributed by atoms with E-state index < -0.39 is 16.9 Å². The van der Waals surface area contributed by atoms with E-state index in [0.717, 1.165) is 0 Å². The van der Waals surface area contributed by atoms with Crippen LogP contribution in [0.1, 0.15) is 18.5 Å². The normalized spacial score (nSPS) is 16.5. The van der Waals surface area contributed by atoms with Crippen molar-refractivity contribution >= 4 is 23.3 Å². The van der Waals surface area contributed by atoms with Crippen LogP contribution in [-0.4, -0.2) is 32.8 Å². The van der Waals surface area contributed by atoms with Gasteiger partial charge in [0.1, 0.15) is 6.33 Å². The minimum absolute atomic E-state index is 0.0906. The van der Waals surface area contributed by atoms with Crippen LogP contribution in [0, 0.1) is 10.1 Å². The molecule has 2 heterocycles. The maximum absolute atomic E-state index is 12.2. The van der Waals surface area contributed by atoms with Crippen molar-refractivity contribution in [3.8, 4) is 0 Å². The van der Waals surface area contributed by atoms with E-state index >= 15 is 0 Å². The number of anilines is 1. The molecule has 0 fully saturated rings. The van der Waals surface area contributed by atoms with E-state index in [9.17, 15) is 14.9 Å². The molecule has 0 amide bonds. The second-order valence-electron chi connectivity index (χ2n) is 4.91. The second kappa shape index (κ2) is 5.52. The Hall–Kier alpha value is -3.23. The topological polar surface area (TPSA) is 112 Å². The zero-order chi connectivity index (χ0) is 16.6. The number of rotatable bonds is 3. The lowest BCUT2D eigenvalue weighted by atomic mass is 9.94. The number of methoxy groups -OCH3 is 1. The minimum atomic E-state index is -0.749. The van der Waals surface area contributed by atoms with Gasteiger partial charge in [-0.15, -0.1) is 10.2 Å². The lowest BCUT2D eigenvalue weighted by molar-refractivity contribution is -0.385. The number of ether oxygens (including phenoxy) is 1. The predicted octanol–water partition coefficient (Wildman–Crippen LogP) is 1.76. The third-order valence-electron chi connectivity index (χ3n) is 3.71. The van der Waals surface area contributed by atoms with E-state index in [4.69, 9.17) is 4.74 Å². The van der Waals surface area contributed by atoms with Crippen LogP contribution >= 0.6 is 0 Å². The molecular formula is C14H13N5O4. The molecule has 1 aliphatic rings. The maximum atomic E-state index is 12.2. The van der Waals surface area contributed by atoms with Gasteiger partial charge in [-0.1, -0.05) is 12.1 Å². The molecule has 2 aromatic rings. The van der Waals surface area contributed by atoms with Gasteiger partial charge < -0.3 is 10.1 Å². The summed E-state index contributed by atoms with van der Waals surface area (Å²) < 4.78 is 6.44. The maximum Gasteiger partial charge on any atom is 0.337 e. The highest BCUT2D eigenvalue weighted by atomic mass is 16.6. The summed E-state index contributed by atoms with van der Waals surface area (Å²) >= 11 is 0. The summed E-state index contributed by atoms with van der Waals surface area (Å²) in [5, 5.41) is 22.0. The van der Waals surface area contributed by atoms with E-state index in [-0.39, 0.29) is 11.3 Å². The Balaban J connectivity index is 2.21. The first-order chi connectivity index (χ1) is 11.0. The van der Waals surface area contributed by atoms with Gasteiger partial charge in [0, 0.05) is 11.8 Å². The van der Waals surface area contributed by atoms with E-state index in [0.29, 0.717) is 17.2 Å². The molecule has 0 bridgehead atoms. The predicted molar refractivity (Wildman–Crippen MR) is 80.4 cm³/mol. The molecule has 0 saturated carbocycles. The van der Waals surface area contributed by atoms with Crippen LogP contribution in [0.25, 0.3) is 5.70 Å². The average Bonchev–Trinajstić information content (AvgIpc) is 3.03. The highest BCUT2D eigenvalue weighted by Crippen LogP contribution is 2.38. The fourth-order valence-corrected chi connectivity index (χ4v) is 2.63. The number of carbonyl (C=O) groups excluding carboxylic acids is 1. The van der Waals surface area contributed by atoms with Gasteiger partial charge in [-0.3, -0.25) is 14.7 Å². The number of allylic oxidation sites excluding steroid dienone is 1. The van der Waals surface area contributed by atoms with E-state index in [1.165, 1.54) is 19.5 Å². The summed E-state index contributed by atoms with van der Waals surface area (Å²) in [5.74, 6) is -0.171. The van der Waals surface area contributed by atoms with Gasteiger partial charge in [-0.2, -0.15) is 0 Å². The second-order valence-corrected chi connectivity index (χ2v) is 4.91. The van der Waals surface area contributed by atoms with Crippen LogP contribution < -0.4 is 5.32 Å². The SMILES string of the molecule is COC(=O)C1=C(C)n2cnnc2NC1c1ccccc1[N+](=O)[O-]. The first kappa shape index (κ1) is 14.7. The monoisotopic (exact) mass is 315 g/mol. The highest BCUT2D eigenvalue weighted by molar-refractivity contribution is 5.98. The van der Waals surface area contributed by atoms with Crippen molar-refractivity contribution in [2.24, 2.45) is 0 Å². The van der Waals surface area contributed by atoms with Crippen molar-refractivity contribution in [3.05, 3.63) is 51.8 Å². The number of aromatic nitrogens is 3. The van der Waals surface area contributed by atoms with Crippen LogP contribution in [-0.2, 0) is 9.53 Å². The first-order valence-corrected chi connectivity index (χ1v) is 6.74. The molecule has 9 heteroatoms. The van der Waals surface area contributed by atoms with Gasteiger partial charge in [0.15, 0.2) is 0 Å². The fraction of sp³-hybridized carbons (Fsp3) is 0.214. The van der Waals surface area contributed by atoms with Crippen molar-refractivity contribution in [2.75, 3.05) is 12.4 Å². The number of hydrogen-bond acceptors (Lipinski definition) is 7. The Morgan fingerprint density at radius 3 is 2.87 bits per heavy atom. The Labute approximate surface area is 130 Å². The summed E-state index contributed by atoms with van der Waals surface area (Å²) in [6.45, 7) is 1.71. The largest absolute Gasteiger partial charge is 0.466 e. The summed E-state index contributed by atoms with van der Waals surface area (Å²) in [5.41, 5.74) is 1.09. The number of para-hydroxylation sites is 1. The van der Waals surface area contributed by atoms with E-state index in [2.05, 4.69) is 15.5 Å². The van der Waals surface area contributed by atoms with Crippen molar-refractivity contribution in [1.82, 2.24) is 14.8 Å². The molecule has 1 aromatic heterocycles. The smallest absolute Gasteiger partial charge is 0.337 e. The summed E-state index contributed by atoms with van der Waals surface area (Å²) in [7, 11) is 1.26. The number of nitro benzene ring substituents is 1. The molecule has 1 N–H and O–H groups in total. The summed E-state index contributed by atoms with van der Waals surface area (Å²) in [6, 6.07) is 5.48. The van der Waals surface area contributed by atoms with Crippen LogP contribution in [0.2, 0.25) is 0 Å². The molecule has 1 atom stereocenters. The number of esters is 1.